The van der Waals surface area contributed by atoms with Crippen LogP contribution in [-0.4, -0.2) is 53.5 Å². The van der Waals surface area contributed by atoms with Gasteiger partial charge in [0, 0.05) is 56.6 Å². The van der Waals surface area contributed by atoms with Gasteiger partial charge in [0.25, 0.3) is 5.88 Å². The zero-order chi connectivity index (χ0) is 20.8. The van der Waals surface area contributed by atoms with Gasteiger partial charge in [0.15, 0.2) is 5.58 Å². The number of anilines is 1. The molecule has 0 amide bonds. The Morgan fingerprint density at radius 1 is 1.17 bits per heavy atom. The van der Waals surface area contributed by atoms with Crippen LogP contribution in [0.1, 0.15) is 19.8 Å². The maximum atomic E-state index is 14.3. The van der Waals surface area contributed by atoms with Crippen molar-refractivity contribution in [3.63, 3.8) is 0 Å². The number of rotatable bonds is 10. The molecule has 0 saturated carbocycles. The van der Waals surface area contributed by atoms with Crippen LogP contribution in [0.5, 0.6) is 11.6 Å². The van der Waals surface area contributed by atoms with Gasteiger partial charge in [0.2, 0.25) is 0 Å². The highest BCUT2D eigenvalue weighted by molar-refractivity contribution is 7.98. The Hall–Kier alpha value is -2.52. The van der Waals surface area contributed by atoms with Gasteiger partial charge in [-0.2, -0.15) is 0 Å². The standard InChI is InChI=1S/C21H25FN4O3S/c1-2-27-21-19-4-3-18(15-20(19)29-24-21)28-14-8-16(22)7-11-25-12-13-26(30-25)17-5-9-23-10-6-17/h3-6,9-10,15-16H,2,7-8,11-14H2,1H3. The second kappa shape index (κ2) is 9.99. The van der Waals surface area contributed by atoms with Crippen LogP contribution in [0.2, 0.25) is 0 Å². The van der Waals surface area contributed by atoms with Crippen LogP contribution in [0.4, 0.5) is 10.1 Å². The van der Waals surface area contributed by atoms with Gasteiger partial charge in [0.1, 0.15) is 11.9 Å². The van der Waals surface area contributed by atoms with E-state index in [1.807, 2.05) is 31.2 Å². The number of hydrogen-bond donors (Lipinski definition) is 0. The van der Waals surface area contributed by atoms with Crippen LogP contribution in [0, 0.1) is 0 Å². The average Bonchev–Trinajstić information content (AvgIpc) is 3.40. The lowest BCUT2D eigenvalue weighted by Gasteiger charge is -2.18. The molecule has 160 valence electrons. The maximum Gasteiger partial charge on any atom is 0.262 e. The van der Waals surface area contributed by atoms with E-state index in [1.165, 1.54) is 0 Å². The number of alkyl halides is 1. The molecule has 1 aliphatic heterocycles. The molecular formula is C21H25FN4O3S. The monoisotopic (exact) mass is 432 g/mol. The Morgan fingerprint density at radius 2 is 2.03 bits per heavy atom. The van der Waals surface area contributed by atoms with Crippen molar-refractivity contribution in [2.24, 2.45) is 0 Å². The van der Waals surface area contributed by atoms with Gasteiger partial charge in [-0.3, -0.25) is 4.98 Å². The maximum absolute atomic E-state index is 14.3. The largest absolute Gasteiger partial charge is 0.493 e. The van der Waals surface area contributed by atoms with Gasteiger partial charge in [-0.15, -0.1) is 0 Å². The van der Waals surface area contributed by atoms with Gasteiger partial charge >= 0.3 is 0 Å². The molecule has 9 heteroatoms. The van der Waals surface area contributed by atoms with Crippen molar-refractivity contribution in [3.8, 4) is 11.6 Å². The number of fused-ring (bicyclic) bond motifs is 1. The average molecular weight is 433 g/mol. The summed E-state index contributed by atoms with van der Waals surface area (Å²) in [7, 11) is 0. The zero-order valence-electron chi connectivity index (χ0n) is 16.9. The third-order valence-electron chi connectivity index (χ3n) is 4.80. The fourth-order valence-corrected chi connectivity index (χ4v) is 4.23. The molecule has 0 radical (unpaired) electrons. The van der Waals surface area contributed by atoms with Crippen LogP contribution in [0.15, 0.2) is 47.2 Å². The first-order valence-corrected chi connectivity index (χ1v) is 10.9. The van der Waals surface area contributed by atoms with Gasteiger partial charge in [0.05, 0.1) is 24.3 Å². The lowest BCUT2D eigenvalue weighted by atomic mass is 10.2. The Morgan fingerprint density at radius 3 is 2.87 bits per heavy atom. The van der Waals surface area contributed by atoms with E-state index in [0.717, 1.165) is 24.2 Å². The lowest BCUT2D eigenvalue weighted by molar-refractivity contribution is 0.219. The number of halogens is 1. The molecule has 2 aromatic heterocycles. The van der Waals surface area contributed by atoms with Crippen LogP contribution in [0.25, 0.3) is 11.0 Å². The molecule has 1 aliphatic rings. The summed E-state index contributed by atoms with van der Waals surface area (Å²) in [5, 5.41) is 4.70. The lowest BCUT2D eigenvalue weighted by Crippen LogP contribution is -2.19. The van der Waals surface area contributed by atoms with Crippen molar-refractivity contribution in [1.29, 1.82) is 0 Å². The molecule has 7 nitrogen and oxygen atoms in total. The van der Waals surface area contributed by atoms with Gasteiger partial charge in [-0.05, 0) is 42.8 Å². The third kappa shape index (κ3) is 5.14. The van der Waals surface area contributed by atoms with Crippen LogP contribution in [0.3, 0.4) is 0 Å². The Kier molecular flexibility index (Phi) is 6.91. The number of pyridine rings is 1. The highest BCUT2D eigenvalue weighted by atomic mass is 32.2. The summed E-state index contributed by atoms with van der Waals surface area (Å²) in [4.78, 5) is 4.04. The first-order chi connectivity index (χ1) is 14.7. The summed E-state index contributed by atoms with van der Waals surface area (Å²) >= 11 is 1.65. The molecule has 1 atom stereocenters. The number of benzene rings is 1. The van der Waals surface area contributed by atoms with E-state index in [1.54, 1.807) is 30.6 Å². The second-order valence-corrected chi connectivity index (χ2v) is 8.04. The third-order valence-corrected chi connectivity index (χ3v) is 5.99. The molecule has 0 spiro atoms. The number of hydrogen-bond acceptors (Lipinski definition) is 8. The molecule has 0 aliphatic carbocycles. The van der Waals surface area contributed by atoms with E-state index in [9.17, 15) is 4.39 Å². The Labute approximate surface area is 179 Å². The molecule has 0 N–H and O–H groups in total. The molecule has 1 fully saturated rings. The summed E-state index contributed by atoms with van der Waals surface area (Å²) in [5.74, 6) is 1.11. The summed E-state index contributed by atoms with van der Waals surface area (Å²) in [6.45, 7) is 5.27. The molecule has 0 bridgehead atoms. The number of ether oxygens (including phenoxy) is 2. The zero-order valence-corrected chi connectivity index (χ0v) is 17.7. The minimum absolute atomic E-state index is 0.315. The normalized spacial score (nSPS) is 15.6. The van der Waals surface area contributed by atoms with Crippen molar-refractivity contribution in [2.45, 2.75) is 25.9 Å². The minimum atomic E-state index is -0.904. The van der Waals surface area contributed by atoms with E-state index in [-0.39, 0.29) is 0 Å². The highest BCUT2D eigenvalue weighted by Crippen LogP contribution is 2.30. The van der Waals surface area contributed by atoms with E-state index in [0.29, 0.717) is 49.8 Å². The molecule has 4 rings (SSSR count). The highest BCUT2D eigenvalue weighted by Gasteiger charge is 2.22. The van der Waals surface area contributed by atoms with E-state index >= 15 is 0 Å². The van der Waals surface area contributed by atoms with E-state index in [2.05, 4.69) is 18.8 Å². The fraction of sp³-hybridized carbons (Fsp3) is 0.429. The first-order valence-electron chi connectivity index (χ1n) is 10.1. The van der Waals surface area contributed by atoms with Gasteiger partial charge < -0.3 is 18.3 Å². The van der Waals surface area contributed by atoms with Crippen LogP contribution < -0.4 is 13.8 Å². The molecular weight excluding hydrogens is 407 g/mol. The van der Waals surface area contributed by atoms with Crippen molar-refractivity contribution < 1.29 is 18.4 Å². The van der Waals surface area contributed by atoms with Crippen molar-refractivity contribution in [2.75, 3.05) is 37.2 Å². The Balaban J connectivity index is 1.17. The number of aromatic nitrogens is 2. The van der Waals surface area contributed by atoms with Gasteiger partial charge in [-0.1, -0.05) is 0 Å². The second-order valence-electron chi connectivity index (χ2n) is 6.92. The predicted molar refractivity (Wildman–Crippen MR) is 116 cm³/mol. The molecule has 1 unspecified atom stereocenters. The first kappa shape index (κ1) is 20.7. The Bertz CT molecular complexity index is 942. The van der Waals surface area contributed by atoms with Crippen molar-refractivity contribution in [3.05, 3.63) is 42.7 Å². The van der Waals surface area contributed by atoms with Crippen LogP contribution >= 0.6 is 12.1 Å². The SMILES string of the molecule is CCOc1noc2cc(OCCC(F)CCN3CCN(c4ccncc4)S3)ccc12. The summed E-state index contributed by atoms with van der Waals surface area (Å²) in [6.07, 6.45) is 3.51. The summed E-state index contributed by atoms with van der Waals surface area (Å²) in [5.41, 5.74) is 1.72. The molecule has 30 heavy (non-hydrogen) atoms. The molecule has 1 saturated heterocycles. The number of nitrogens with zero attached hydrogens (tertiary/aromatic N) is 4. The van der Waals surface area contributed by atoms with Gasteiger partial charge in [-0.25, -0.2) is 8.70 Å². The predicted octanol–water partition coefficient (Wildman–Crippen LogP) is 4.50. The molecule has 3 aromatic rings. The van der Waals surface area contributed by atoms with E-state index in [4.69, 9.17) is 14.0 Å². The topological polar surface area (TPSA) is 63.9 Å². The summed E-state index contributed by atoms with van der Waals surface area (Å²) < 4.78 is 35.1. The minimum Gasteiger partial charge on any atom is -0.493 e. The molecule has 1 aromatic carbocycles. The fourth-order valence-electron chi connectivity index (χ4n) is 3.22. The molecule has 3 heterocycles. The van der Waals surface area contributed by atoms with Crippen LogP contribution in [-0.2, 0) is 0 Å². The smallest absolute Gasteiger partial charge is 0.262 e. The van der Waals surface area contributed by atoms with Crippen molar-refractivity contribution in [1.82, 2.24) is 14.4 Å². The van der Waals surface area contributed by atoms with E-state index < -0.39 is 6.17 Å². The van der Waals surface area contributed by atoms with Crippen molar-refractivity contribution >= 4 is 28.8 Å². The quantitative estimate of drug-likeness (QED) is 0.434. The summed E-state index contributed by atoms with van der Waals surface area (Å²) in [6, 6.07) is 9.40.